The molecule has 0 fully saturated rings. The van der Waals surface area contributed by atoms with Gasteiger partial charge in [-0.2, -0.15) is 0 Å². The third-order valence-electron chi connectivity index (χ3n) is 3.87. The molecule has 2 heteroatoms. The van der Waals surface area contributed by atoms with Gasteiger partial charge in [0.2, 0.25) is 0 Å². The Bertz CT molecular complexity index is 721. The summed E-state index contributed by atoms with van der Waals surface area (Å²) in [5, 5.41) is 2.68. The van der Waals surface area contributed by atoms with E-state index in [1.807, 2.05) is 6.20 Å². The van der Waals surface area contributed by atoms with Crippen LogP contribution in [0.3, 0.4) is 0 Å². The van der Waals surface area contributed by atoms with Crippen LogP contribution in [-0.4, -0.2) is 4.98 Å². The van der Waals surface area contributed by atoms with E-state index < -0.39 is 7.92 Å². The van der Waals surface area contributed by atoms with Crippen LogP contribution in [0.5, 0.6) is 0 Å². The molecule has 1 nitrogen and oxygen atoms in total. The van der Waals surface area contributed by atoms with Crippen molar-refractivity contribution in [1.29, 1.82) is 0 Å². The van der Waals surface area contributed by atoms with Crippen LogP contribution in [0.25, 0.3) is 0 Å². The van der Waals surface area contributed by atoms with E-state index >= 15 is 0 Å². The SMILES string of the molecule is CC(C)(C)c1ccnc(P(c2ccccc2)c2ccccc2)c1. The average molecular weight is 319 g/mol. The number of nitrogens with zero attached hydrogens (tertiary/aromatic N) is 1. The van der Waals surface area contributed by atoms with E-state index in [4.69, 9.17) is 4.98 Å². The predicted molar refractivity (Wildman–Crippen MR) is 102 cm³/mol. The molecule has 1 aromatic heterocycles. The number of benzene rings is 2. The number of hydrogen-bond acceptors (Lipinski definition) is 1. The molecule has 0 saturated carbocycles. The van der Waals surface area contributed by atoms with Crippen LogP contribution in [-0.2, 0) is 5.41 Å². The van der Waals surface area contributed by atoms with Crippen LogP contribution >= 0.6 is 7.92 Å². The van der Waals surface area contributed by atoms with Crippen LogP contribution < -0.4 is 16.0 Å². The number of pyridine rings is 1. The Morgan fingerprint density at radius 3 is 1.74 bits per heavy atom. The summed E-state index contributed by atoms with van der Waals surface area (Å²) in [6.45, 7) is 6.75. The van der Waals surface area contributed by atoms with Gasteiger partial charge in [0.15, 0.2) is 0 Å². The maximum absolute atomic E-state index is 4.73. The summed E-state index contributed by atoms with van der Waals surface area (Å²) in [4.78, 5) is 4.73. The predicted octanol–water partition coefficient (Wildman–Crippen LogP) is 4.14. The van der Waals surface area contributed by atoms with Crippen LogP contribution in [0.4, 0.5) is 0 Å². The second-order valence-electron chi connectivity index (χ2n) is 6.66. The fraction of sp³-hybridized carbons (Fsp3) is 0.190. The van der Waals surface area contributed by atoms with E-state index in [0.29, 0.717) is 0 Å². The summed E-state index contributed by atoms with van der Waals surface area (Å²) in [6, 6.07) is 25.9. The average Bonchev–Trinajstić information content (AvgIpc) is 2.57. The Balaban J connectivity index is 2.14. The lowest BCUT2D eigenvalue weighted by atomic mass is 9.88. The molecule has 0 saturated heterocycles. The first kappa shape index (κ1) is 15.9. The van der Waals surface area contributed by atoms with Crippen molar-refractivity contribution >= 4 is 24.0 Å². The molecular weight excluding hydrogens is 297 g/mol. The van der Waals surface area contributed by atoms with Crippen molar-refractivity contribution in [3.63, 3.8) is 0 Å². The topological polar surface area (TPSA) is 12.9 Å². The van der Waals surface area contributed by atoms with E-state index in [2.05, 4.69) is 93.6 Å². The van der Waals surface area contributed by atoms with Gasteiger partial charge in [-0.05, 0) is 33.7 Å². The van der Waals surface area contributed by atoms with Gasteiger partial charge in [-0.1, -0.05) is 81.4 Å². The normalized spacial score (nSPS) is 11.7. The minimum absolute atomic E-state index is 0.131. The highest BCUT2D eigenvalue weighted by Crippen LogP contribution is 2.33. The van der Waals surface area contributed by atoms with E-state index in [-0.39, 0.29) is 5.41 Å². The zero-order valence-corrected chi connectivity index (χ0v) is 14.8. The van der Waals surface area contributed by atoms with Crippen LogP contribution in [0.2, 0.25) is 0 Å². The van der Waals surface area contributed by atoms with Crippen LogP contribution in [0.1, 0.15) is 26.3 Å². The molecule has 0 aliphatic carbocycles. The minimum atomic E-state index is -0.620. The van der Waals surface area contributed by atoms with Gasteiger partial charge in [-0.15, -0.1) is 0 Å². The molecule has 2 aromatic carbocycles. The Kier molecular flexibility index (Phi) is 4.59. The molecule has 3 aromatic rings. The van der Waals surface area contributed by atoms with E-state index in [1.54, 1.807) is 0 Å². The number of rotatable bonds is 3. The van der Waals surface area contributed by atoms with Gasteiger partial charge in [0, 0.05) is 14.1 Å². The number of aromatic nitrogens is 1. The highest BCUT2D eigenvalue weighted by molar-refractivity contribution is 7.79. The quantitative estimate of drug-likeness (QED) is 0.661. The molecule has 116 valence electrons. The summed E-state index contributed by atoms with van der Waals surface area (Å²) in [5.41, 5.74) is 2.64. The highest BCUT2D eigenvalue weighted by Gasteiger charge is 2.20. The highest BCUT2D eigenvalue weighted by atomic mass is 31.1. The van der Waals surface area contributed by atoms with Crippen molar-refractivity contribution in [2.24, 2.45) is 0 Å². The van der Waals surface area contributed by atoms with Gasteiger partial charge in [-0.3, -0.25) is 4.98 Å². The van der Waals surface area contributed by atoms with Crippen molar-refractivity contribution in [1.82, 2.24) is 4.98 Å². The van der Waals surface area contributed by atoms with Gasteiger partial charge in [0.05, 0.1) is 5.44 Å². The third-order valence-corrected chi connectivity index (χ3v) is 6.20. The Morgan fingerprint density at radius 2 is 1.26 bits per heavy atom. The summed E-state index contributed by atoms with van der Waals surface area (Å²) >= 11 is 0. The smallest absolute Gasteiger partial charge is 0.0723 e. The maximum atomic E-state index is 4.73. The summed E-state index contributed by atoms with van der Waals surface area (Å²) in [7, 11) is -0.620. The first-order chi connectivity index (χ1) is 11.1. The van der Waals surface area contributed by atoms with Crippen molar-refractivity contribution in [3.8, 4) is 0 Å². The monoisotopic (exact) mass is 319 g/mol. The molecule has 0 amide bonds. The fourth-order valence-electron chi connectivity index (χ4n) is 2.57. The molecule has 0 bridgehead atoms. The lowest BCUT2D eigenvalue weighted by Gasteiger charge is -2.23. The largest absolute Gasteiger partial charge is 0.256 e. The molecule has 3 rings (SSSR count). The van der Waals surface area contributed by atoms with Crippen molar-refractivity contribution in [3.05, 3.63) is 84.6 Å². The van der Waals surface area contributed by atoms with Crippen molar-refractivity contribution < 1.29 is 0 Å². The summed E-state index contributed by atoms with van der Waals surface area (Å²) < 4.78 is 0. The first-order valence-corrected chi connectivity index (χ1v) is 9.26. The number of hydrogen-bond donors (Lipinski definition) is 0. The Hall–Kier alpha value is -1.98. The first-order valence-electron chi connectivity index (χ1n) is 7.92. The van der Waals surface area contributed by atoms with E-state index in [9.17, 15) is 0 Å². The van der Waals surface area contributed by atoms with Crippen LogP contribution in [0, 0.1) is 0 Å². The second kappa shape index (κ2) is 6.64. The Morgan fingerprint density at radius 1 is 0.739 bits per heavy atom. The molecule has 0 radical (unpaired) electrons. The molecule has 0 aliphatic heterocycles. The van der Waals surface area contributed by atoms with E-state index in [0.717, 1.165) is 0 Å². The lowest BCUT2D eigenvalue weighted by molar-refractivity contribution is 0.590. The van der Waals surface area contributed by atoms with Crippen molar-refractivity contribution in [2.75, 3.05) is 0 Å². The maximum Gasteiger partial charge on any atom is 0.0723 e. The standard InChI is InChI=1S/C21H22NP/c1-21(2,3)17-14-15-22-20(16-17)23(18-10-6-4-7-11-18)19-12-8-5-9-13-19/h4-16H,1-3H3. The summed E-state index contributed by atoms with van der Waals surface area (Å²) in [5.74, 6) is 0. The zero-order chi connectivity index (χ0) is 16.3. The molecule has 0 spiro atoms. The van der Waals surface area contributed by atoms with Crippen molar-refractivity contribution in [2.45, 2.75) is 26.2 Å². The van der Waals surface area contributed by atoms with Gasteiger partial charge in [0.1, 0.15) is 0 Å². The molecule has 0 unspecified atom stereocenters. The van der Waals surface area contributed by atoms with Crippen LogP contribution in [0.15, 0.2) is 79.0 Å². The Labute approximate surface area is 140 Å². The molecule has 0 N–H and O–H groups in total. The van der Waals surface area contributed by atoms with Gasteiger partial charge in [-0.25, -0.2) is 0 Å². The van der Waals surface area contributed by atoms with E-state index in [1.165, 1.54) is 21.6 Å². The third kappa shape index (κ3) is 3.68. The molecular formula is C21H22NP. The molecule has 1 heterocycles. The lowest BCUT2D eigenvalue weighted by Crippen LogP contribution is -2.24. The van der Waals surface area contributed by atoms with Gasteiger partial charge in [0.25, 0.3) is 0 Å². The molecule has 0 aliphatic rings. The zero-order valence-electron chi connectivity index (χ0n) is 13.9. The minimum Gasteiger partial charge on any atom is -0.256 e. The fourth-order valence-corrected chi connectivity index (χ4v) is 4.79. The van der Waals surface area contributed by atoms with Gasteiger partial charge >= 0.3 is 0 Å². The second-order valence-corrected chi connectivity index (χ2v) is 8.82. The molecule has 23 heavy (non-hydrogen) atoms. The van der Waals surface area contributed by atoms with Gasteiger partial charge < -0.3 is 0 Å². The molecule has 0 atom stereocenters. The summed E-state index contributed by atoms with van der Waals surface area (Å²) in [6.07, 6.45) is 1.96.